The van der Waals surface area contributed by atoms with Gasteiger partial charge in [0.25, 0.3) is 0 Å². The Balaban J connectivity index is 2.75. The van der Waals surface area contributed by atoms with Crippen molar-refractivity contribution in [3.63, 3.8) is 0 Å². The molecule has 0 aromatic carbocycles. The normalized spacial score (nSPS) is 23.5. The fourth-order valence-corrected chi connectivity index (χ4v) is 4.54. The van der Waals surface area contributed by atoms with Crippen LogP contribution in [0.2, 0.25) is 0 Å². The highest BCUT2D eigenvalue weighted by atomic mass is 32.2. The lowest BCUT2D eigenvalue weighted by Gasteiger charge is -2.26. The van der Waals surface area contributed by atoms with Gasteiger partial charge >= 0.3 is 0 Å². The molecule has 8 heteroatoms. The third kappa shape index (κ3) is 4.14. The molecule has 1 atom stereocenters. The van der Waals surface area contributed by atoms with Gasteiger partial charge in [-0.05, 0) is 33.1 Å². The summed E-state index contributed by atoms with van der Waals surface area (Å²) in [6.07, 6.45) is 1.98. The molecule has 19 heavy (non-hydrogen) atoms. The lowest BCUT2D eigenvalue weighted by molar-refractivity contribution is 0.335. The Morgan fingerprint density at radius 2 is 1.68 bits per heavy atom. The highest BCUT2D eigenvalue weighted by Crippen LogP contribution is 2.20. The summed E-state index contributed by atoms with van der Waals surface area (Å²) < 4.78 is 50.2. The van der Waals surface area contributed by atoms with Crippen molar-refractivity contribution in [2.75, 3.05) is 31.6 Å². The van der Waals surface area contributed by atoms with Gasteiger partial charge in [-0.25, -0.2) is 25.4 Å². The lowest BCUT2D eigenvalue weighted by Crippen LogP contribution is -2.39. The minimum absolute atomic E-state index is 0.0803. The third-order valence-electron chi connectivity index (χ3n) is 3.73. The van der Waals surface area contributed by atoms with E-state index in [1.54, 1.807) is 20.9 Å². The van der Waals surface area contributed by atoms with Gasteiger partial charge in [-0.3, -0.25) is 0 Å². The van der Waals surface area contributed by atoms with Crippen LogP contribution in [0.15, 0.2) is 0 Å². The quantitative estimate of drug-likeness (QED) is 0.740. The minimum atomic E-state index is -3.21. The second kappa shape index (κ2) is 6.51. The second-order valence-electron chi connectivity index (χ2n) is 4.80. The maximum absolute atomic E-state index is 11.8. The molecule has 0 amide bonds. The molecule has 0 spiro atoms. The van der Waals surface area contributed by atoms with Crippen molar-refractivity contribution < 1.29 is 16.8 Å². The van der Waals surface area contributed by atoms with Gasteiger partial charge < -0.3 is 0 Å². The molecule has 1 fully saturated rings. The predicted molar refractivity (Wildman–Crippen MR) is 75.9 cm³/mol. The van der Waals surface area contributed by atoms with Crippen LogP contribution in [0.1, 0.15) is 33.1 Å². The maximum Gasteiger partial charge on any atom is 0.213 e. The Labute approximate surface area is 116 Å². The van der Waals surface area contributed by atoms with Gasteiger partial charge in [-0.15, -0.1) is 0 Å². The summed E-state index contributed by atoms with van der Waals surface area (Å²) in [5, 5.41) is 0. The summed E-state index contributed by atoms with van der Waals surface area (Å²) in [7, 11) is -4.79. The molecule has 0 aromatic rings. The van der Waals surface area contributed by atoms with E-state index in [4.69, 9.17) is 0 Å². The standard InChI is InChI=1S/C11H24N2O4S2/c1-4-18(14,15)12(3)11-7-6-9-13(10-8-11)19(16,17)5-2/h11H,4-10H2,1-3H3/t11-/m1/s1. The van der Waals surface area contributed by atoms with Crippen LogP contribution < -0.4 is 0 Å². The first kappa shape index (κ1) is 16.9. The third-order valence-corrected chi connectivity index (χ3v) is 7.52. The SMILES string of the molecule is CCS(=O)(=O)N1CCC[C@@H](N(C)S(=O)(=O)CC)CC1. The Morgan fingerprint density at radius 3 is 2.21 bits per heavy atom. The van der Waals surface area contributed by atoms with Gasteiger partial charge in [0, 0.05) is 26.2 Å². The fraction of sp³-hybridized carbons (Fsp3) is 1.00. The molecule has 1 heterocycles. The maximum atomic E-state index is 11.8. The summed E-state index contributed by atoms with van der Waals surface area (Å²) >= 11 is 0. The molecule has 0 saturated carbocycles. The van der Waals surface area contributed by atoms with Gasteiger partial charge in [-0.1, -0.05) is 0 Å². The average molecular weight is 312 g/mol. The van der Waals surface area contributed by atoms with E-state index in [9.17, 15) is 16.8 Å². The van der Waals surface area contributed by atoms with Crippen LogP contribution in [0.3, 0.4) is 0 Å². The summed E-state index contributed by atoms with van der Waals surface area (Å²) in [4.78, 5) is 0. The molecule has 114 valence electrons. The van der Waals surface area contributed by atoms with Crippen molar-refractivity contribution in [1.82, 2.24) is 8.61 Å². The van der Waals surface area contributed by atoms with E-state index >= 15 is 0 Å². The zero-order chi connectivity index (χ0) is 14.7. The summed E-state index contributed by atoms with van der Waals surface area (Å²) in [6, 6.07) is -0.0954. The van der Waals surface area contributed by atoms with E-state index < -0.39 is 20.0 Å². The lowest BCUT2D eigenvalue weighted by atomic mass is 10.1. The zero-order valence-corrected chi connectivity index (χ0v) is 13.5. The van der Waals surface area contributed by atoms with Crippen LogP contribution in [0.25, 0.3) is 0 Å². The molecule has 0 aromatic heterocycles. The average Bonchev–Trinajstić information content (AvgIpc) is 2.63. The number of rotatable bonds is 5. The van der Waals surface area contributed by atoms with Gasteiger partial charge in [0.15, 0.2) is 0 Å². The summed E-state index contributed by atoms with van der Waals surface area (Å²) in [5.41, 5.74) is 0. The molecule has 0 bridgehead atoms. The van der Waals surface area contributed by atoms with Gasteiger partial charge in [0.05, 0.1) is 11.5 Å². The Morgan fingerprint density at radius 1 is 1.05 bits per heavy atom. The molecule has 1 aliphatic rings. The highest BCUT2D eigenvalue weighted by molar-refractivity contribution is 7.89. The van der Waals surface area contributed by atoms with Crippen LogP contribution >= 0.6 is 0 Å². The largest absolute Gasteiger partial charge is 0.213 e. The van der Waals surface area contributed by atoms with Crippen molar-refractivity contribution in [2.45, 2.75) is 39.2 Å². The molecule has 0 unspecified atom stereocenters. The number of nitrogens with zero attached hydrogens (tertiary/aromatic N) is 2. The zero-order valence-electron chi connectivity index (χ0n) is 11.9. The molecule has 0 aliphatic carbocycles. The fourth-order valence-electron chi connectivity index (χ4n) is 2.31. The van der Waals surface area contributed by atoms with Gasteiger partial charge in [-0.2, -0.15) is 0 Å². The first-order chi connectivity index (χ1) is 8.74. The van der Waals surface area contributed by atoms with Crippen LogP contribution in [0.5, 0.6) is 0 Å². The highest BCUT2D eigenvalue weighted by Gasteiger charge is 2.30. The van der Waals surface area contributed by atoms with Gasteiger partial charge in [0.2, 0.25) is 20.0 Å². The molecule has 0 N–H and O–H groups in total. The summed E-state index contributed by atoms with van der Waals surface area (Å²) in [5.74, 6) is 0.178. The number of sulfonamides is 2. The van der Waals surface area contributed by atoms with E-state index in [0.29, 0.717) is 32.4 Å². The van der Waals surface area contributed by atoms with Crippen LogP contribution in [0, 0.1) is 0 Å². The molecule has 1 rings (SSSR count). The van der Waals surface area contributed by atoms with Crippen molar-refractivity contribution in [3.8, 4) is 0 Å². The van der Waals surface area contributed by atoms with E-state index in [1.165, 1.54) is 8.61 Å². The molecule has 6 nitrogen and oxygen atoms in total. The van der Waals surface area contributed by atoms with Crippen molar-refractivity contribution in [2.24, 2.45) is 0 Å². The van der Waals surface area contributed by atoms with Crippen molar-refractivity contribution in [1.29, 1.82) is 0 Å². The number of hydrogen-bond acceptors (Lipinski definition) is 4. The molecule has 1 saturated heterocycles. The van der Waals surface area contributed by atoms with E-state index in [1.807, 2.05) is 0 Å². The van der Waals surface area contributed by atoms with Gasteiger partial charge in [0.1, 0.15) is 0 Å². The summed E-state index contributed by atoms with van der Waals surface area (Å²) in [6.45, 7) is 4.15. The second-order valence-corrected chi connectivity index (χ2v) is 9.38. The van der Waals surface area contributed by atoms with E-state index in [-0.39, 0.29) is 17.5 Å². The molecular formula is C11H24N2O4S2. The Hall–Kier alpha value is -0.180. The monoisotopic (exact) mass is 312 g/mol. The minimum Gasteiger partial charge on any atom is -0.212 e. The first-order valence-electron chi connectivity index (χ1n) is 6.68. The van der Waals surface area contributed by atoms with Crippen LogP contribution in [-0.4, -0.2) is 63.1 Å². The predicted octanol–water partition coefficient (Wildman–Crippen LogP) is 0.472. The Kier molecular flexibility index (Phi) is 5.78. The molecule has 0 radical (unpaired) electrons. The van der Waals surface area contributed by atoms with Crippen molar-refractivity contribution >= 4 is 20.0 Å². The molecule has 1 aliphatic heterocycles. The number of hydrogen-bond donors (Lipinski definition) is 0. The van der Waals surface area contributed by atoms with E-state index in [0.717, 1.165) is 0 Å². The van der Waals surface area contributed by atoms with Crippen LogP contribution in [0.4, 0.5) is 0 Å². The Bertz CT molecular complexity index is 487. The molecular weight excluding hydrogens is 288 g/mol. The topological polar surface area (TPSA) is 74.8 Å². The van der Waals surface area contributed by atoms with Crippen molar-refractivity contribution in [3.05, 3.63) is 0 Å². The van der Waals surface area contributed by atoms with Crippen LogP contribution in [-0.2, 0) is 20.0 Å². The first-order valence-corrected chi connectivity index (χ1v) is 9.90. The smallest absolute Gasteiger partial charge is 0.212 e. The van der Waals surface area contributed by atoms with E-state index in [2.05, 4.69) is 0 Å².